The molecule has 0 bridgehead atoms. The Hall–Kier alpha value is -2.10. The lowest BCUT2D eigenvalue weighted by Gasteiger charge is -2.09. The molecule has 76 valence electrons. The number of rotatable bonds is 2. The molecule has 0 spiro atoms. The smallest absolute Gasteiger partial charge is 0.271 e. The Bertz CT molecular complexity index is 579. The molecular formula is C11H9NO3. The zero-order chi connectivity index (χ0) is 11.0. The van der Waals surface area contributed by atoms with E-state index in [4.69, 9.17) is 5.11 Å². The highest BCUT2D eigenvalue weighted by molar-refractivity contribution is 5.69. The van der Waals surface area contributed by atoms with Gasteiger partial charge in [0.25, 0.3) is 10.9 Å². The summed E-state index contributed by atoms with van der Waals surface area (Å²) in [7, 11) is 0. The molecule has 0 amide bonds. The number of nitrogens with one attached hydrogen (secondary N) is 1. The van der Waals surface area contributed by atoms with Gasteiger partial charge in [-0.05, 0) is 24.6 Å². The lowest BCUT2D eigenvalue weighted by molar-refractivity contribution is 0.466. The second kappa shape index (κ2) is 3.24. The Morgan fingerprint density at radius 1 is 1.20 bits per heavy atom. The van der Waals surface area contributed by atoms with Crippen LogP contribution in [0.3, 0.4) is 0 Å². The van der Waals surface area contributed by atoms with Crippen molar-refractivity contribution in [2.75, 3.05) is 5.32 Å². The van der Waals surface area contributed by atoms with E-state index in [2.05, 4.69) is 5.32 Å². The summed E-state index contributed by atoms with van der Waals surface area (Å²) in [5, 5.41) is 11.8. The molecule has 2 N–H and O–H groups in total. The average molecular weight is 203 g/mol. The maximum absolute atomic E-state index is 11.0. The average Bonchev–Trinajstić information content (AvgIpc) is 2.24. The molecule has 2 aromatic rings. The molecule has 0 aliphatic carbocycles. The van der Waals surface area contributed by atoms with E-state index in [1.807, 2.05) is 25.1 Å². The molecule has 0 unspecified atom stereocenters. The standard InChI is InChI=1S/C11H9NO3/c1-6-3-2-4-7(5-6)12-8-9(13)11(15)10(8)14/h2-5,12-13H,1H3. The molecule has 0 saturated heterocycles. The van der Waals surface area contributed by atoms with Gasteiger partial charge in [0.2, 0.25) is 0 Å². The van der Waals surface area contributed by atoms with E-state index in [0.29, 0.717) is 5.69 Å². The molecule has 0 aliphatic heterocycles. The SMILES string of the molecule is Cc1cccc(Nc2c(O)c(=O)c2=O)c1. The maximum atomic E-state index is 11.0. The molecular weight excluding hydrogens is 194 g/mol. The van der Waals surface area contributed by atoms with Crippen LogP contribution in [0.2, 0.25) is 0 Å². The van der Waals surface area contributed by atoms with Crippen LogP contribution in [0.4, 0.5) is 11.4 Å². The summed E-state index contributed by atoms with van der Waals surface area (Å²) in [4.78, 5) is 21.8. The Morgan fingerprint density at radius 2 is 1.93 bits per heavy atom. The summed E-state index contributed by atoms with van der Waals surface area (Å²) >= 11 is 0. The highest BCUT2D eigenvalue weighted by Crippen LogP contribution is 2.21. The normalized spacial score (nSPS) is 10.5. The van der Waals surface area contributed by atoms with Crippen molar-refractivity contribution in [3.8, 4) is 5.75 Å². The van der Waals surface area contributed by atoms with Crippen LogP contribution in [-0.4, -0.2) is 5.11 Å². The second-order valence-corrected chi connectivity index (χ2v) is 3.38. The van der Waals surface area contributed by atoms with Gasteiger partial charge in [0, 0.05) is 5.69 Å². The van der Waals surface area contributed by atoms with E-state index in [1.54, 1.807) is 6.07 Å². The van der Waals surface area contributed by atoms with E-state index < -0.39 is 16.6 Å². The summed E-state index contributed by atoms with van der Waals surface area (Å²) in [5.41, 5.74) is 0.181. The maximum Gasteiger partial charge on any atom is 0.271 e. The van der Waals surface area contributed by atoms with Gasteiger partial charge in [0.05, 0.1) is 0 Å². The van der Waals surface area contributed by atoms with Gasteiger partial charge in [-0.2, -0.15) is 0 Å². The van der Waals surface area contributed by atoms with Crippen molar-refractivity contribution in [3.05, 3.63) is 50.3 Å². The quantitative estimate of drug-likeness (QED) is 0.716. The van der Waals surface area contributed by atoms with E-state index in [-0.39, 0.29) is 5.69 Å². The van der Waals surface area contributed by atoms with E-state index in [9.17, 15) is 9.59 Å². The molecule has 0 saturated carbocycles. The number of hydrogen-bond acceptors (Lipinski definition) is 4. The number of anilines is 2. The molecule has 4 nitrogen and oxygen atoms in total. The monoisotopic (exact) mass is 203 g/mol. The molecule has 0 radical (unpaired) electrons. The minimum Gasteiger partial charge on any atom is -0.502 e. The first-order valence-electron chi connectivity index (χ1n) is 4.45. The summed E-state index contributed by atoms with van der Waals surface area (Å²) < 4.78 is 0. The van der Waals surface area contributed by atoms with Crippen LogP contribution in [0.5, 0.6) is 5.75 Å². The topological polar surface area (TPSA) is 66.4 Å². The fourth-order valence-electron chi connectivity index (χ4n) is 1.36. The van der Waals surface area contributed by atoms with Crippen molar-refractivity contribution >= 4 is 11.4 Å². The largest absolute Gasteiger partial charge is 0.502 e. The van der Waals surface area contributed by atoms with Crippen LogP contribution in [0, 0.1) is 6.92 Å². The number of hydrogen-bond donors (Lipinski definition) is 2. The van der Waals surface area contributed by atoms with Crippen LogP contribution in [0.1, 0.15) is 5.56 Å². The van der Waals surface area contributed by atoms with E-state index in [1.165, 1.54) is 0 Å². The van der Waals surface area contributed by atoms with Crippen molar-refractivity contribution in [1.82, 2.24) is 0 Å². The Labute approximate surface area is 85.5 Å². The molecule has 0 aromatic heterocycles. The fraction of sp³-hybridized carbons (Fsp3) is 0.0909. The van der Waals surface area contributed by atoms with Crippen LogP contribution in [0.25, 0.3) is 0 Å². The summed E-state index contributed by atoms with van der Waals surface area (Å²) in [5.74, 6) is -0.485. The summed E-state index contributed by atoms with van der Waals surface area (Å²) in [6.45, 7) is 1.91. The van der Waals surface area contributed by atoms with Crippen molar-refractivity contribution < 1.29 is 5.11 Å². The van der Waals surface area contributed by atoms with Gasteiger partial charge in [0.15, 0.2) is 5.75 Å². The van der Waals surface area contributed by atoms with Crippen molar-refractivity contribution in [1.29, 1.82) is 0 Å². The summed E-state index contributed by atoms with van der Waals surface area (Å²) in [6.07, 6.45) is 0. The Morgan fingerprint density at radius 3 is 2.53 bits per heavy atom. The van der Waals surface area contributed by atoms with Crippen LogP contribution in [-0.2, 0) is 0 Å². The van der Waals surface area contributed by atoms with Crippen molar-refractivity contribution in [3.63, 3.8) is 0 Å². The Kier molecular flexibility index (Phi) is 2.04. The predicted molar refractivity (Wildman–Crippen MR) is 57.5 cm³/mol. The van der Waals surface area contributed by atoms with Gasteiger partial charge in [-0.25, -0.2) is 0 Å². The van der Waals surface area contributed by atoms with Crippen LogP contribution >= 0.6 is 0 Å². The highest BCUT2D eigenvalue weighted by atomic mass is 16.3. The first kappa shape index (κ1) is 9.45. The van der Waals surface area contributed by atoms with E-state index >= 15 is 0 Å². The van der Waals surface area contributed by atoms with Crippen molar-refractivity contribution in [2.24, 2.45) is 0 Å². The Balaban J connectivity index is 2.32. The molecule has 2 aromatic carbocycles. The zero-order valence-electron chi connectivity index (χ0n) is 8.07. The third-order valence-corrected chi connectivity index (χ3v) is 2.17. The van der Waals surface area contributed by atoms with E-state index in [0.717, 1.165) is 5.56 Å². The van der Waals surface area contributed by atoms with Gasteiger partial charge in [-0.3, -0.25) is 9.59 Å². The zero-order valence-corrected chi connectivity index (χ0v) is 8.07. The lowest BCUT2D eigenvalue weighted by atomic mass is 10.2. The number of aryl methyl sites for hydroxylation is 1. The number of benzene rings is 1. The van der Waals surface area contributed by atoms with Crippen molar-refractivity contribution in [2.45, 2.75) is 6.92 Å². The van der Waals surface area contributed by atoms with Gasteiger partial charge in [-0.1, -0.05) is 12.1 Å². The van der Waals surface area contributed by atoms with Gasteiger partial charge < -0.3 is 10.4 Å². The van der Waals surface area contributed by atoms with Gasteiger partial charge in [0.1, 0.15) is 5.69 Å². The second-order valence-electron chi connectivity index (χ2n) is 3.38. The minimum absolute atomic E-state index is 0.0226. The molecule has 0 atom stereocenters. The van der Waals surface area contributed by atoms with Gasteiger partial charge >= 0.3 is 0 Å². The molecule has 0 fully saturated rings. The predicted octanol–water partition coefficient (Wildman–Crippen LogP) is 1.04. The number of aromatic hydroxyl groups is 1. The first-order valence-corrected chi connectivity index (χ1v) is 4.45. The fourth-order valence-corrected chi connectivity index (χ4v) is 1.36. The lowest BCUT2D eigenvalue weighted by Crippen LogP contribution is -2.32. The highest BCUT2D eigenvalue weighted by Gasteiger charge is 2.19. The molecule has 4 heteroatoms. The molecule has 15 heavy (non-hydrogen) atoms. The third-order valence-electron chi connectivity index (χ3n) is 2.17. The third kappa shape index (κ3) is 1.50. The minimum atomic E-state index is -0.829. The molecule has 0 heterocycles. The van der Waals surface area contributed by atoms with Crippen LogP contribution in [0.15, 0.2) is 33.9 Å². The van der Waals surface area contributed by atoms with Crippen LogP contribution < -0.4 is 16.2 Å². The summed E-state index contributed by atoms with van der Waals surface area (Å²) in [6, 6.07) is 7.30. The molecule has 0 aliphatic rings. The first-order chi connectivity index (χ1) is 7.09. The molecule has 2 rings (SSSR count). The van der Waals surface area contributed by atoms with Gasteiger partial charge in [-0.15, -0.1) is 0 Å².